The molecule has 0 spiro atoms. The molecule has 1 aliphatic rings. The summed E-state index contributed by atoms with van der Waals surface area (Å²) in [5, 5.41) is 13.6. The summed E-state index contributed by atoms with van der Waals surface area (Å²) in [6.07, 6.45) is 2.49. The Morgan fingerprint density at radius 3 is 2.76 bits per heavy atom. The van der Waals surface area contributed by atoms with Crippen molar-refractivity contribution in [3.8, 4) is 5.75 Å². The lowest BCUT2D eigenvalue weighted by molar-refractivity contribution is -0.137. The molecule has 1 atom stereocenters. The van der Waals surface area contributed by atoms with Crippen LogP contribution in [0.3, 0.4) is 0 Å². The fourth-order valence-corrected chi connectivity index (χ4v) is 3.84. The fraction of sp³-hybridized carbons (Fsp3) is 0.250. The average molecular weight is 525 g/mol. The van der Waals surface area contributed by atoms with Gasteiger partial charge in [0.2, 0.25) is 0 Å². The number of halogens is 3. The van der Waals surface area contributed by atoms with E-state index in [1.807, 2.05) is 6.92 Å². The zero-order chi connectivity index (χ0) is 27.1. The number of nitrogens with one attached hydrogen (secondary N) is 3. The topological polar surface area (TPSA) is 96.3 Å². The van der Waals surface area contributed by atoms with E-state index in [4.69, 9.17) is 14.9 Å². The molecule has 4 rings (SSSR count). The Hall–Kier alpha value is -4.18. The lowest BCUT2D eigenvalue weighted by atomic mass is 10.1. The molecule has 1 unspecified atom stereocenters. The molecular weight excluding hydrogens is 497 g/mol. The minimum absolute atomic E-state index is 0.101. The van der Waals surface area contributed by atoms with Gasteiger partial charge < -0.3 is 25.5 Å². The third-order valence-corrected chi connectivity index (χ3v) is 6.04. The number of aryl methyl sites for hydroxylation is 1. The van der Waals surface area contributed by atoms with Crippen molar-refractivity contribution >= 4 is 29.1 Å². The second kappa shape index (κ2) is 11.9. The number of benzene rings is 2. The molecule has 2 heterocycles. The minimum Gasteiger partial charge on any atom is -0.492 e. The Morgan fingerprint density at radius 1 is 1.18 bits per heavy atom. The van der Waals surface area contributed by atoms with Gasteiger partial charge in [-0.25, -0.2) is 0 Å². The predicted octanol–water partition coefficient (Wildman–Crippen LogP) is 6.18. The van der Waals surface area contributed by atoms with Gasteiger partial charge in [0, 0.05) is 59.2 Å². The molecule has 3 aromatic rings. The minimum atomic E-state index is -4.54. The van der Waals surface area contributed by atoms with Gasteiger partial charge in [0.05, 0.1) is 25.0 Å². The molecule has 38 heavy (non-hydrogen) atoms. The Bertz CT molecular complexity index is 1330. The third kappa shape index (κ3) is 6.98. The molecular formula is C28H27F3N4O3. The number of nitrogens with zero attached hydrogens (tertiary/aromatic N) is 1. The van der Waals surface area contributed by atoms with Gasteiger partial charge in [0.25, 0.3) is 5.91 Å². The van der Waals surface area contributed by atoms with Crippen LogP contribution in [0, 0.1) is 18.3 Å². The van der Waals surface area contributed by atoms with E-state index in [1.54, 1.807) is 42.9 Å². The molecule has 0 bridgehead atoms. The van der Waals surface area contributed by atoms with Crippen molar-refractivity contribution in [3.05, 3.63) is 89.4 Å². The van der Waals surface area contributed by atoms with Crippen molar-refractivity contribution in [2.75, 3.05) is 30.5 Å². The van der Waals surface area contributed by atoms with Crippen LogP contribution < -0.4 is 15.4 Å². The summed E-state index contributed by atoms with van der Waals surface area (Å²) >= 11 is 0. The zero-order valence-corrected chi connectivity index (χ0v) is 20.6. The summed E-state index contributed by atoms with van der Waals surface area (Å²) in [5.74, 6) is 0.286. The van der Waals surface area contributed by atoms with Crippen molar-refractivity contribution in [1.82, 2.24) is 4.98 Å². The number of alkyl halides is 3. The Kier molecular flexibility index (Phi) is 8.42. The second-order valence-electron chi connectivity index (χ2n) is 8.90. The first-order valence-corrected chi connectivity index (χ1v) is 12.0. The summed E-state index contributed by atoms with van der Waals surface area (Å²) in [7, 11) is 0. The predicted molar refractivity (Wildman–Crippen MR) is 140 cm³/mol. The number of hydrogen-bond donors (Lipinski definition) is 3. The van der Waals surface area contributed by atoms with Crippen molar-refractivity contribution < 1.29 is 27.4 Å². The van der Waals surface area contributed by atoms with E-state index in [9.17, 15) is 18.0 Å². The van der Waals surface area contributed by atoms with Crippen LogP contribution in [-0.4, -0.2) is 36.9 Å². The van der Waals surface area contributed by atoms with E-state index in [0.29, 0.717) is 47.4 Å². The second-order valence-corrected chi connectivity index (χ2v) is 8.90. The van der Waals surface area contributed by atoms with Crippen molar-refractivity contribution in [2.45, 2.75) is 19.5 Å². The monoisotopic (exact) mass is 524 g/mol. The molecule has 1 aliphatic heterocycles. The van der Waals surface area contributed by atoms with Gasteiger partial charge in [-0.1, -0.05) is 12.1 Å². The van der Waals surface area contributed by atoms with Gasteiger partial charge in [-0.3, -0.25) is 9.78 Å². The van der Waals surface area contributed by atoms with Gasteiger partial charge in [0.1, 0.15) is 5.75 Å². The summed E-state index contributed by atoms with van der Waals surface area (Å²) in [4.78, 5) is 16.8. The molecule has 198 valence electrons. The summed E-state index contributed by atoms with van der Waals surface area (Å²) in [6.45, 7) is 3.82. The molecule has 1 fully saturated rings. The largest absolute Gasteiger partial charge is 0.492 e. The summed E-state index contributed by atoms with van der Waals surface area (Å²) < 4.78 is 50.2. The number of carbonyl (C=O) groups is 1. The quantitative estimate of drug-likeness (QED) is 0.291. The fourth-order valence-electron chi connectivity index (χ4n) is 3.84. The Labute approximate surface area is 218 Å². The summed E-state index contributed by atoms with van der Waals surface area (Å²) in [6, 6.07) is 11.2. The number of aromatic nitrogens is 1. The summed E-state index contributed by atoms with van der Waals surface area (Å²) in [5.41, 5.74) is 2.14. The highest BCUT2D eigenvalue weighted by Gasteiger charge is 2.30. The number of amides is 1. The highest BCUT2D eigenvalue weighted by molar-refractivity contribution is 6.09. The molecule has 7 nitrogen and oxygen atoms in total. The molecule has 10 heteroatoms. The molecule has 3 N–H and O–H groups in total. The molecule has 2 aromatic carbocycles. The molecule has 1 amide bonds. The van der Waals surface area contributed by atoms with Crippen LogP contribution in [0.4, 0.5) is 24.5 Å². The number of carbonyl (C=O) groups excluding carboxylic acids is 1. The normalized spacial score (nSPS) is 15.7. The average Bonchev–Trinajstić information content (AvgIpc) is 3.43. The van der Waals surface area contributed by atoms with Gasteiger partial charge in [0.15, 0.2) is 0 Å². The Balaban J connectivity index is 1.45. The van der Waals surface area contributed by atoms with Gasteiger partial charge >= 0.3 is 6.18 Å². The van der Waals surface area contributed by atoms with Crippen LogP contribution in [0.25, 0.3) is 5.57 Å². The standard InChI is InChI=1S/C28H27F3N4O3/c1-18-5-6-24(35-27(36)20-3-2-4-23(9-20)28(29,30)31)11-26(18)34-14-22(12-32)21-10-25(15-33-13-21)38-17-19-7-8-37-16-19/h2-6,9-15,19,32,34H,7-8,16-17H2,1H3,(H,35,36)/b22-14+,32-12?. The number of hydrogen-bond acceptors (Lipinski definition) is 6. The third-order valence-electron chi connectivity index (χ3n) is 6.04. The van der Waals surface area contributed by atoms with Crippen LogP contribution in [0.1, 0.15) is 33.5 Å². The van der Waals surface area contributed by atoms with Crippen molar-refractivity contribution in [1.29, 1.82) is 5.41 Å². The maximum absolute atomic E-state index is 13.0. The molecule has 1 aromatic heterocycles. The van der Waals surface area contributed by atoms with E-state index in [0.717, 1.165) is 30.7 Å². The van der Waals surface area contributed by atoms with E-state index in [2.05, 4.69) is 15.6 Å². The lowest BCUT2D eigenvalue weighted by Gasteiger charge is -2.13. The first-order valence-electron chi connectivity index (χ1n) is 12.0. The molecule has 0 aliphatic carbocycles. The number of pyridine rings is 1. The SMILES string of the molecule is Cc1ccc(NC(=O)c2cccc(C(F)(F)F)c2)cc1N/C=C(\C=N)c1cncc(OCC2CCOC2)c1. The van der Waals surface area contributed by atoms with Crippen LogP contribution in [0.5, 0.6) is 5.75 Å². The van der Waals surface area contributed by atoms with Crippen LogP contribution in [0.2, 0.25) is 0 Å². The van der Waals surface area contributed by atoms with E-state index >= 15 is 0 Å². The Morgan fingerprint density at radius 2 is 2.03 bits per heavy atom. The maximum Gasteiger partial charge on any atom is 0.416 e. The number of rotatable bonds is 9. The van der Waals surface area contributed by atoms with Crippen LogP contribution in [-0.2, 0) is 10.9 Å². The van der Waals surface area contributed by atoms with E-state index < -0.39 is 17.6 Å². The van der Waals surface area contributed by atoms with Crippen molar-refractivity contribution in [2.24, 2.45) is 5.92 Å². The smallest absolute Gasteiger partial charge is 0.416 e. The highest BCUT2D eigenvalue weighted by atomic mass is 19.4. The first kappa shape index (κ1) is 26.9. The van der Waals surface area contributed by atoms with Crippen LogP contribution >= 0.6 is 0 Å². The first-order chi connectivity index (χ1) is 18.2. The highest BCUT2D eigenvalue weighted by Crippen LogP contribution is 2.30. The van der Waals surface area contributed by atoms with Crippen LogP contribution in [0.15, 0.2) is 67.1 Å². The number of allylic oxidation sites excluding steroid dienone is 1. The zero-order valence-electron chi connectivity index (χ0n) is 20.6. The van der Waals surface area contributed by atoms with E-state index in [1.165, 1.54) is 18.3 Å². The lowest BCUT2D eigenvalue weighted by Crippen LogP contribution is -2.14. The van der Waals surface area contributed by atoms with Gasteiger partial charge in [-0.2, -0.15) is 13.2 Å². The number of anilines is 2. The maximum atomic E-state index is 13.0. The number of ether oxygens (including phenoxy) is 2. The van der Waals surface area contributed by atoms with Gasteiger partial charge in [-0.05, 0) is 55.3 Å². The van der Waals surface area contributed by atoms with Gasteiger partial charge in [-0.15, -0.1) is 0 Å². The molecule has 1 saturated heterocycles. The molecule has 0 radical (unpaired) electrons. The molecule has 0 saturated carbocycles. The van der Waals surface area contributed by atoms with Crippen molar-refractivity contribution in [3.63, 3.8) is 0 Å². The van der Waals surface area contributed by atoms with E-state index in [-0.39, 0.29) is 5.56 Å².